The zero-order valence-electron chi connectivity index (χ0n) is 17.7. The van der Waals surface area contributed by atoms with Crippen molar-refractivity contribution < 1.29 is 19.1 Å². The van der Waals surface area contributed by atoms with Crippen LogP contribution in [0.2, 0.25) is 0 Å². The van der Waals surface area contributed by atoms with Crippen molar-refractivity contribution >= 4 is 34.8 Å². The molecule has 1 fully saturated rings. The molecule has 1 aliphatic rings. The maximum Gasteiger partial charge on any atom is 0.229 e. The highest BCUT2D eigenvalue weighted by atomic mass is 16.5. The Morgan fingerprint density at radius 2 is 1.90 bits per heavy atom. The fourth-order valence-corrected chi connectivity index (χ4v) is 3.51. The number of nitrogens with zero attached hydrogens (tertiary/aromatic N) is 1. The number of anilines is 3. The molecule has 7 heteroatoms. The molecule has 2 aromatic carbocycles. The average Bonchev–Trinajstić information content (AvgIpc) is 3.10. The zero-order valence-corrected chi connectivity index (χ0v) is 17.7. The Balaban J connectivity index is 1.75. The third-order valence-electron chi connectivity index (χ3n) is 5.12. The standard InChI is InChI=1S/C23H27N3O4/c1-14(2)16-6-5-7-19(10-16)26-13-17(11-22(26)28)23(29)25-20-12-18(24-15(3)27)8-9-21(20)30-4/h5-10,12,14,17H,11,13H2,1-4H3,(H,24,27)(H,25,29)/t17-/m1/s1. The van der Waals surface area contributed by atoms with Gasteiger partial charge in [0.2, 0.25) is 17.7 Å². The first-order valence-corrected chi connectivity index (χ1v) is 9.95. The van der Waals surface area contributed by atoms with E-state index in [0.29, 0.717) is 29.6 Å². The van der Waals surface area contributed by atoms with Crippen molar-refractivity contribution in [3.8, 4) is 5.75 Å². The monoisotopic (exact) mass is 409 g/mol. The highest BCUT2D eigenvalue weighted by molar-refractivity contribution is 6.04. The molecule has 0 bridgehead atoms. The summed E-state index contributed by atoms with van der Waals surface area (Å²) in [5, 5.41) is 5.53. The maximum absolute atomic E-state index is 12.9. The molecule has 0 unspecified atom stereocenters. The van der Waals surface area contributed by atoms with Crippen molar-refractivity contribution in [2.75, 3.05) is 29.2 Å². The van der Waals surface area contributed by atoms with E-state index in [1.807, 2.05) is 24.3 Å². The van der Waals surface area contributed by atoms with Gasteiger partial charge in [0.25, 0.3) is 0 Å². The quantitative estimate of drug-likeness (QED) is 0.760. The number of benzene rings is 2. The minimum absolute atomic E-state index is 0.0741. The first-order valence-electron chi connectivity index (χ1n) is 9.95. The van der Waals surface area contributed by atoms with Gasteiger partial charge >= 0.3 is 0 Å². The largest absolute Gasteiger partial charge is 0.495 e. The Hall–Kier alpha value is -3.35. The summed E-state index contributed by atoms with van der Waals surface area (Å²) >= 11 is 0. The molecule has 3 amide bonds. The molecule has 158 valence electrons. The topological polar surface area (TPSA) is 87.7 Å². The zero-order chi connectivity index (χ0) is 21.8. The Bertz CT molecular complexity index is 971. The van der Waals surface area contributed by atoms with Crippen LogP contribution in [0, 0.1) is 5.92 Å². The van der Waals surface area contributed by atoms with E-state index in [1.54, 1.807) is 23.1 Å². The van der Waals surface area contributed by atoms with Gasteiger partial charge in [-0.15, -0.1) is 0 Å². The Morgan fingerprint density at radius 1 is 1.13 bits per heavy atom. The summed E-state index contributed by atoms with van der Waals surface area (Å²) in [6.45, 7) is 5.93. The van der Waals surface area contributed by atoms with E-state index in [4.69, 9.17) is 4.74 Å². The highest BCUT2D eigenvalue weighted by Crippen LogP contribution is 2.31. The van der Waals surface area contributed by atoms with Gasteiger partial charge in [-0.05, 0) is 41.8 Å². The summed E-state index contributed by atoms with van der Waals surface area (Å²) < 4.78 is 5.31. The predicted octanol–water partition coefficient (Wildman–Crippen LogP) is 3.77. The van der Waals surface area contributed by atoms with Gasteiger partial charge in [0, 0.05) is 31.3 Å². The second kappa shape index (κ2) is 8.98. The molecule has 1 aliphatic heterocycles. The first kappa shape index (κ1) is 21.4. The van der Waals surface area contributed by atoms with Gasteiger partial charge in [0.15, 0.2) is 0 Å². The molecule has 30 heavy (non-hydrogen) atoms. The predicted molar refractivity (Wildman–Crippen MR) is 117 cm³/mol. The molecule has 3 rings (SSSR count). The lowest BCUT2D eigenvalue weighted by Crippen LogP contribution is -2.28. The molecule has 0 radical (unpaired) electrons. The van der Waals surface area contributed by atoms with Gasteiger partial charge in [-0.2, -0.15) is 0 Å². The van der Waals surface area contributed by atoms with Crippen molar-refractivity contribution in [3.05, 3.63) is 48.0 Å². The van der Waals surface area contributed by atoms with Crippen LogP contribution in [0.5, 0.6) is 5.75 Å². The highest BCUT2D eigenvalue weighted by Gasteiger charge is 2.35. The number of carbonyl (C=O) groups is 3. The summed E-state index contributed by atoms with van der Waals surface area (Å²) in [7, 11) is 1.51. The summed E-state index contributed by atoms with van der Waals surface area (Å²) in [5.74, 6) is -0.194. The van der Waals surface area contributed by atoms with Crippen LogP contribution in [0.15, 0.2) is 42.5 Å². The van der Waals surface area contributed by atoms with E-state index in [-0.39, 0.29) is 24.1 Å². The third kappa shape index (κ3) is 4.79. The lowest BCUT2D eigenvalue weighted by molar-refractivity contribution is -0.122. The molecule has 1 heterocycles. The second-order valence-electron chi connectivity index (χ2n) is 7.74. The number of ether oxygens (including phenoxy) is 1. The van der Waals surface area contributed by atoms with Crippen LogP contribution in [-0.4, -0.2) is 31.4 Å². The van der Waals surface area contributed by atoms with Crippen molar-refractivity contribution in [2.24, 2.45) is 5.92 Å². The molecule has 2 N–H and O–H groups in total. The fourth-order valence-electron chi connectivity index (χ4n) is 3.51. The molecule has 0 saturated carbocycles. The van der Waals surface area contributed by atoms with E-state index in [0.717, 1.165) is 11.3 Å². The van der Waals surface area contributed by atoms with E-state index in [2.05, 4.69) is 24.5 Å². The number of hydrogen-bond acceptors (Lipinski definition) is 4. The average molecular weight is 409 g/mol. The number of amides is 3. The minimum Gasteiger partial charge on any atom is -0.495 e. The normalized spacial score (nSPS) is 16.0. The molecule has 1 saturated heterocycles. The van der Waals surface area contributed by atoms with Crippen LogP contribution in [0.3, 0.4) is 0 Å². The van der Waals surface area contributed by atoms with E-state index in [1.165, 1.54) is 14.0 Å². The number of rotatable bonds is 6. The van der Waals surface area contributed by atoms with Gasteiger partial charge in [0.1, 0.15) is 5.75 Å². The van der Waals surface area contributed by atoms with Crippen LogP contribution in [-0.2, 0) is 14.4 Å². The van der Waals surface area contributed by atoms with Crippen molar-refractivity contribution in [3.63, 3.8) is 0 Å². The second-order valence-corrected chi connectivity index (χ2v) is 7.74. The van der Waals surface area contributed by atoms with Gasteiger partial charge in [-0.3, -0.25) is 14.4 Å². The molecule has 1 atom stereocenters. The molecular weight excluding hydrogens is 382 g/mol. The maximum atomic E-state index is 12.9. The van der Waals surface area contributed by atoms with E-state index >= 15 is 0 Å². The van der Waals surface area contributed by atoms with Crippen LogP contribution in [0.25, 0.3) is 0 Å². The lowest BCUT2D eigenvalue weighted by atomic mass is 10.0. The van der Waals surface area contributed by atoms with E-state index in [9.17, 15) is 14.4 Å². The minimum atomic E-state index is -0.477. The van der Waals surface area contributed by atoms with Gasteiger partial charge in [-0.1, -0.05) is 26.0 Å². The van der Waals surface area contributed by atoms with Crippen LogP contribution in [0.1, 0.15) is 38.7 Å². The molecule has 0 aliphatic carbocycles. The number of methoxy groups -OCH3 is 1. The molecule has 7 nitrogen and oxygen atoms in total. The number of hydrogen-bond donors (Lipinski definition) is 2. The lowest BCUT2D eigenvalue weighted by Gasteiger charge is -2.19. The number of carbonyl (C=O) groups excluding carboxylic acids is 3. The van der Waals surface area contributed by atoms with Crippen molar-refractivity contribution in [2.45, 2.75) is 33.1 Å². The Labute approximate surface area is 176 Å². The smallest absolute Gasteiger partial charge is 0.229 e. The summed E-state index contributed by atoms with van der Waals surface area (Å²) in [6.07, 6.45) is 0.144. The van der Waals surface area contributed by atoms with Gasteiger partial charge in [-0.25, -0.2) is 0 Å². The molecular formula is C23H27N3O4. The van der Waals surface area contributed by atoms with E-state index < -0.39 is 5.92 Å². The van der Waals surface area contributed by atoms with Crippen LogP contribution in [0.4, 0.5) is 17.1 Å². The van der Waals surface area contributed by atoms with Crippen molar-refractivity contribution in [1.82, 2.24) is 0 Å². The third-order valence-corrected chi connectivity index (χ3v) is 5.12. The molecule has 0 spiro atoms. The molecule has 2 aromatic rings. The van der Waals surface area contributed by atoms with Gasteiger partial charge < -0.3 is 20.3 Å². The summed E-state index contributed by atoms with van der Waals surface area (Å²) in [4.78, 5) is 38.5. The first-order chi connectivity index (χ1) is 14.3. The van der Waals surface area contributed by atoms with Crippen LogP contribution >= 0.6 is 0 Å². The summed E-state index contributed by atoms with van der Waals surface area (Å²) in [6, 6.07) is 12.9. The van der Waals surface area contributed by atoms with Crippen LogP contribution < -0.4 is 20.3 Å². The Kier molecular flexibility index (Phi) is 6.40. The van der Waals surface area contributed by atoms with Gasteiger partial charge in [0.05, 0.1) is 18.7 Å². The van der Waals surface area contributed by atoms with Crippen molar-refractivity contribution in [1.29, 1.82) is 0 Å². The fraction of sp³-hybridized carbons (Fsp3) is 0.348. The Morgan fingerprint density at radius 3 is 2.57 bits per heavy atom. The summed E-state index contributed by atoms with van der Waals surface area (Å²) in [5.41, 5.74) is 2.95. The SMILES string of the molecule is COc1ccc(NC(C)=O)cc1NC(=O)[C@@H]1CC(=O)N(c2cccc(C(C)C)c2)C1. The number of nitrogens with one attached hydrogen (secondary N) is 2. The molecule has 0 aromatic heterocycles.